The van der Waals surface area contributed by atoms with Crippen LogP contribution in [-0.4, -0.2) is 62.4 Å². The van der Waals surface area contributed by atoms with Crippen LogP contribution in [0.4, 0.5) is 19.3 Å². The van der Waals surface area contributed by atoms with E-state index in [0.717, 1.165) is 6.08 Å². The number of hydrogen-bond donors (Lipinski definition) is 3. The lowest BCUT2D eigenvalue weighted by Gasteiger charge is -2.62. The molecule has 3 fully saturated rings. The lowest BCUT2D eigenvalue weighted by molar-refractivity contribution is -0.385. The molecule has 0 saturated heterocycles. The first kappa shape index (κ1) is 33.0. The van der Waals surface area contributed by atoms with Crippen molar-refractivity contribution in [2.75, 3.05) is 6.61 Å². The molecule has 0 aromatic heterocycles. The summed E-state index contributed by atoms with van der Waals surface area (Å²) in [5, 5.41) is 41.5. The van der Waals surface area contributed by atoms with Crippen molar-refractivity contribution in [2.24, 2.45) is 34.0 Å². The van der Waals surface area contributed by atoms with Crippen molar-refractivity contribution in [1.29, 1.82) is 0 Å². The summed E-state index contributed by atoms with van der Waals surface area (Å²) in [6.07, 6.45) is -3.70. The Kier molecular flexibility index (Phi) is 8.01. The van der Waals surface area contributed by atoms with Crippen molar-refractivity contribution in [2.45, 2.75) is 71.3 Å². The Hall–Kier alpha value is -4.36. The number of halogens is 2. The van der Waals surface area contributed by atoms with Crippen LogP contribution in [-0.2, 0) is 30.5 Å². The molecule has 1 aromatic carbocycles. The summed E-state index contributed by atoms with van der Waals surface area (Å²) >= 11 is 0. The number of aliphatic hydroxyl groups excluding tert-OH is 2. The first-order chi connectivity index (χ1) is 21.5. The topological polar surface area (TPSA) is 191 Å². The van der Waals surface area contributed by atoms with Gasteiger partial charge < -0.3 is 24.8 Å². The summed E-state index contributed by atoms with van der Waals surface area (Å²) < 4.78 is 43.4. The molecule has 46 heavy (non-hydrogen) atoms. The van der Waals surface area contributed by atoms with Gasteiger partial charge in [-0.2, -0.15) is 0 Å². The van der Waals surface area contributed by atoms with Crippen molar-refractivity contribution in [3.63, 3.8) is 0 Å². The average molecular weight is 648 g/mol. The summed E-state index contributed by atoms with van der Waals surface area (Å²) in [4.78, 5) is 62.7. The second-order valence-corrected chi connectivity index (χ2v) is 13.3. The fourth-order valence-electron chi connectivity index (χ4n) is 9.25. The summed E-state index contributed by atoms with van der Waals surface area (Å²) in [5.74, 6) is -7.75. The Bertz CT molecular complexity index is 1590. The Morgan fingerprint density at radius 3 is 2.41 bits per heavy atom. The number of nitro benzene ring substituents is 1. The van der Waals surface area contributed by atoms with E-state index in [-0.39, 0.29) is 36.1 Å². The van der Waals surface area contributed by atoms with E-state index in [9.17, 15) is 44.6 Å². The van der Waals surface area contributed by atoms with Gasteiger partial charge in [-0.1, -0.05) is 26.0 Å². The van der Waals surface area contributed by atoms with Crippen LogP contribution in [0.25, 0.3) is 0 Å². The standard InChI is InChI=1S/C32H35F2NO11/c1-16-10-18-19-11-21(33)20-12-23(36)26(40)27(41)30(20,3)32(19,34)9-8-29(18,2)31(16,13-25(38)39)24(37)15-46-28(42)45-14-17-6-4-5-7-22(17)35(43)44/h4-7,12,16,18-19,21,36,40H,8-11,13-15H2,1-3H3,(H,38,39)/t16-,18-,19-,21-,29-,30+,31+,32+/m0/s1. The molecule has 3 saturated carbocycles. The highest BCUT2D eigenvalue weighted by atomic mass is 19.1. The number of ketones is 2. The number of aliphatic hydroxyl groups is 2. The van der Waals surface area contributed by atoms with Crippen LogP contribution in [0.2, 0.25) is 0 Å². The number of rotatable bonds is 8. The van der Waals surface area contributed by atoms with Crippen LogP contribution in [0.1, 0.15) is 58.4 Å². The Morgan fingerprint density at radius 1 is 1.09 bits per heavy atom. The zero-order valence-corrected chi connectivity index (χ0v) is 25.5. The van der Waals surface area contributed by atoms with E-state index >= 15 is 8.78 Å². The molecule has 1 aromatic rings. The number of alkyl halides is 2. The van der Waals surface area contributed by atoms with E-state index in [0.29, 0.717) is 0 Å². The molecule has 0 radical (unpaired) electrons. The number of ether oxygens (including phenoxy) is 2. The first-order valence-corrected chi connectivity index (χ1v) is 14.9. The molecule has 0 bridgehead atoms. The first-order valence-electron chi connectivity index (χ1n) is 14.9. The summed E-state index contributed by atoms with van der Waals surface area (Å²) in [7, 11) is 0. The predicted molar refractivity (Wildman–Crippen MR) is 154 cm³/mol. The summed E-state index contributed by atoms with van der Waals surface area (Å²) in [6.45, 7) is 3.08. The minimum atomic E-state index is -2.39. The van der Waals surface area contributed by atoms with Gasteiger partial charge >= 0.3 is 12.1 Å². The molecule has 0 amide bonds. The van der Waals surface area contributed by atoms with Gasteiger partial charge in [0.2, 0.25) is 11.5 Å². The Labute approximate surface area is 262 Å². The molecule has 0 heterocycles. The number of Topliss-reactive ketones (excluding diaryl/α,β-unsaturated/α-hetero) is 2. The molecule has 12 nitrogen and oxygen atoms in total. The van der Waals surface area contributed by atoms with Gasteiger partial charge in [0.1, 0.15) is 18.4 Å². The van der Waals surface area contributed by atoms with E-state index in [1.54, 1.807) is 13.8 Å². The number of allylic oxidation sites excluding steroid dienone is 3. The van der Waals surface area contributed by atoms with Gasteiger partial charge in [-0.25, -0.2) is 13.6 Å². The SMILES string of the molecule is C[C@H]1C[C@H]2[C@@H]3C[C@H](F)C4=CC(O)=C(O)C(=O)[C@]4(C)[C@@]3(F)CC[C@]2(C)[C@@]1(CC(=O)O)C(=O)COC(=O)OCc1ccccc1[N+](=O)[O-]. The van der Waals surface area contributed by atoms with Crippen LogP contribution in [0, 0.1) is 44.1 Å². The van der Waals surface area contributed by atoms with Gasteiger partial charge in [0, 0.05) is 12.0 Å². The van der Waals surface area contributed by atoms with Crippen LogP contribution in [0.15, 0.2) is 47.4 Å². The maximum atomic E-state index is 17.5. The number of nitro groups is 1. The third-order valence-electron chi connectivity index (χ3n) is 11.6. The molecule has 5 rings (SSSR count). The number of benzene rings is 1. The van der Waals surface area contributed by atoms with Crippen molar-refractivity contribution in [3.8, 4) is 0 Å². The zero-order valence-electron chi connectivity index (χ0n) is 25.5. The van der Waals surface area contributed by atoms with Crippen LogP contribution < -0.4 is 0 Å². The van der Waals surface area contributed by atoms with Crippen LogP contribution in [0.5, 0.6) is 0 Å². The molecular formula is C32H35F2NO11. The number of nitrogens with zero attached hydrogens (tertiary/aromatic N) is 1. The number of carbonyl (C=O) groups excluding carboxylic acids is 3. The monoisotopic (exact) mass is 647 g/mol. The van der Waals surface area contributed by atoms with Gasteiger partial charge in [-0.05, 0) is 67.6 Å². The van der Waals surface area contributed by atoms with Crippen molar-refractivity contribution in [3.05, 3.63) is 63.1 Å². The Morgan fingerprint density at radius 2 is 1.76 bits per heavy atom. The number of carbonyl (C=O) groups is 4. The largest absolute Gasteiger partial charge is 0.509 e. The molecular weight excluding hydrogens is 612 g/mol. The summed E-state index contributed by atoms with van der Waals surface area (Å²) in [6, 6.07) is 5.54. The third kappa shape index (κ3) is 4.50. The number of para-hydroxylation sites is 1. The van der Waals surface area contributed by atoms with Crippen molar-refractivity contribution < 1.29 is 57.7 Å². The van der Waals surface area contributed by atoms with E-state index in [2.05, 4.69) is 0 Å². The van der Waals surface area contributed by atoms with Gasteiger partial charge in [0.25, 0.3) is 5.69 Å². The molecule has 3 N–H and O–H groups in total. The lowest BCUT2D eigenvalue weighted by Crippen LogP contribution is -2.66. The molecule has 0 unspecified atom stereocenters. The number of fused-ring (bicyclic) bond motifs is 5. The fourth-order valence-corrected chi connectivity index (χ4v) is 9.25. The third-order valence-corrected chi connectivity index (χ3v) is 11.6. The maximum absolute atomic E-state index is 17.5. The van der Waals surface area contributed by atoms with Crippen LogP contribution >= 0.6 is 0 Å². The van der Waals surface area contributed by atoms with Crippen molar-refractivity contribution >= 4 is 29.4 Å². The Balaban J connectivity index is 1.42. The molecule has 0 aliphatic heterocycles. The molecule has 0 spiro atoms. The van der Waals surface area contributed by atoms with Crippen LogP contribution in [0.3, 0.4) is 0 Å². The number of carboxylic acids is 1. The average Bonchev–Trinajstić information content (AvgIpc) is 3.22. The summed E-state index contributed by atoms with van der Waals surface area (Å²) in [5.41, 5.74) is -7.92. The highest BCUT2D eigenvalue weighted by Crippen LogP contribution is 2.74. The van der Waals surface area contributed by atoms with E-state index in [1.807, 2.05) is 0 Å². The quantitative estimate of drug-likeness (QED) is 0.180. The highest BCUT2D eigenvalue weighted by Gasteiger charge is 2.76. The molecule has 248 valence electrons. The normalized spacial score (nSPS) is 36.5. The fraction of sp³-hybridized carbons (Fsp3) is 0.562. The lowest BCUT2D eigenvalue weighted by atomic mass is 9.42. The van der Waals surface area contributed by atoms with E-state index < -0.39 is 112 Å². The minimum Gasteiger partial charge on any atom is -0.504 e. The van der Waals surface area contributed by atoms with Gasteiger partial charge in [-0.3, -0.25) is 24.5 Å². The maximum Gasteiger partial charge on any atom is 0.509 e. The molecule has 14 heteroatoms. The van der Waals surface area contributed by atoms with E-state index in [1.165, 1.54) is 31.2 Å². The number of carboxylic acid groups (broad SMARTS) is 1. The van der Waals surface area contributed by atoms with E-state index in [4.69, 9.17) is 9.47 Å². The smallest absolute Gasteiger partial charge is 0.504 e. The number of aliphatic carboxylic acids is 1. The molecule has 4 aliphatic carbocycles. The zero-order chi connectivity index (χ0) is 34.0. The highest BCUT2D eigenvalue weighted by molar-refractivity contribution is 6.03. The van der Waals surface area contributed by atoms with Gasteiger partial charge in [0.05, 0.1) is 27.7 Å². The minimum absolute atomic E-state index is 0.0793. The second kappa shape index (κ2) is 11.2. The molecule has 4 aliphatic rings. The van der Waals surface area contributed by atoms with Gasteiger partial charge in [0.15, 0.2) is 18.1 Å². The molecule has 8 atom stereocenters. The van der Waals surface area contributed by atoms with Crippen molar-refractivity contribution in [1.82, 2.24) is 0 Å². The van der Waals surface area contributed by atoms with Gasteiger partial charge in [-0.15, -0.1) is 0 Å². The number of hydrogen-bond acceptors (Lipinski definition) is 10. The predicted octanol–water partition coefficient (Wildman–Crippen LogP) is 5.64. The second-order valence-electron chi connectivity index (χ2n) is 13.3.